The van der Waals surface area contributed by atoms with Crippen LogP contribution in [0.2, 0.25) is 0 Å². The number of nitrogens with zero attached hydrogens (tertiary/aromatic N) is 4. The number of benzene rings is 16. The first-order valence-corrected chi connectivity index (χ1v) is 38.3. The fourth-order valence-electron chi connectivity index (χ4n) is 18.6. The molecule has 17 aromatic rings. The Hall–Kier alpha value is -14.3. The van der Waals surface area contributed by atoms with Crippen LogP contribution in [-0.4, -0.2) is 9.97 Å². The van der Waals surface area contributed by atoms with E-state index in [1.54, 1.807) is 0 Å². The fraction of sp³-hybridized carbons (Fsp3) is 0.0280. The van der Waals surface area contributed by atoms with Crippen molar-refractivity contribution in [3.8, 4) is 100 Å². The van der Waals surface area contributed by atoms with Crippen molar-refractivity contribution >= 4 is 50.7 Å². The minimum atomic E-state index is -0.552. The minimum Gasteiger partial charge on any atom is -0.311 e. The van der Waals surface area contributed by atoms with Crippen LogP contribution in [0.3, 0.4) is 0 Å². The van der Waals surface area contributed by atoms with Crippen molar-refractivity contribution in [2.24, 2.45) is 0 Å². The predicted octanol–water partition coefficient (Wildman–Crippen LogP) is 27.8. The van der Waals surface area contributed by atoms with Gasteiger partial charge in [-0.25, -0.2) is 9.97 Å². The van der Waals surface area contributed by atoms with Crippen molar-refractivity contribution in [2.45, 2.75) is 17.3 Å². The van der Waals surface area contributed by atoms with E-state index in [2.05, 4.69) is 429 Å². The van der Waals surface area contributed by atoms with Gasteiger partial charge in [0.15, 0.2) is 0 Å². The molecular weight excluding hydrogens is 1340 g/mol. The summed E-state index contributed by atoms with van der Waals surface area (Å²) in [6, 6.07) is 142. The predicted molar refractivity (Wildman–Crippen MR) is 462 cm³/mol. The third-order valence-corrected chi connectivity index (χ3v) is 23.6. The van der Waals surface area contributed by atoms with Crippen LogP contribution < -0.4 is 9.80 Å². The van der Waals surface area contributed by atoms with Gasteiger partial charge < -0.3 is 9.80 Å². The van der Waals surface area contributed by atoms with Crippen LogP contribution in [0.25, 0.3) is 117 Å². The summed E-state index contributed by atoms with van der Waals surface area (Å²) in [4.78, 5) is 17.0. The zero-order valence-corrected chi connectivity index (χ0v) is 61.0. The standard InChI is InChI=1S/C107H72N4/c1-71-27-7-6-26-68-106(95-41-21-16-36-86(71)95)96-42-22-17-37-89(96)93-64-58-78(69-100(93)106)87-66-67-88(79-59-65-94-92-40-20-25-45-99(92)107(101(94)70-79)97-43-23-18-38-90(97)91-39-19-24-44-98(91)107)105-104(87)108-102(76-50-46-72(47-51-76)74-54-60-84(61-55-74)110(80-28-8-2-9-29-80)81-30-10-3-11-31-81)103(109-105)77-52-48-73(49-53-77)75-56-62-85(63-57-75)111(82-32-12-4-13-33-82)83-34-14-5-15-35-83/h2-67,69-70H,1,68H2/b26-6-,27-7-. The topological polar surface area (TPSA) is 32.3 Å². The number of fused-ring (bicyclic) bond motifs is 18. The van der Waals surface area contributed by atoms with E-state index in [1.807, 2.05) is 0 Å². The molecule has 4 aliphatic rings. The summed E-state index contributed by atoms with van der Waals surface area (Å²) in [5, 5.41) is 0. The van der Waals surface area contributed by atoms with Crippen molar-refractivity contribution in [3.63, 3.8) is 0 Å². The van der Waals surface area contributed by atoms with Crippen molar-refractivity contribution in [1.82, 2.24) is 9.97 Å². The molecular formula is C107H72N4. The Morgan fingerprint density at radius 3 is 0.937 bits per heavy atom. The summed E-state index contributed by atoms with van der Waals surface area (Å²) in [5.41, 5.74) is 37.7. The SMILES string of the molecule is C=C1/C=C\C=C/CC2(c3ccccc31)c1ccccc1-c1ccc(-c3ccc(-c4ccc5c(c4)C4(c6ccccc6-c6ccccc64)c4ccccc4-5)c4nc(-c5ccc(-c6ccc(N(c7ccccc7)c7ccccc7)cc6)cc5)c(-c5ccc(-c6ccc(N(c7ccccc7)c7ccccc7)cc6)cc5)nc34)cc12. The van der Waals surface area contributed by atoms with Gasteiger partial charge in [-0.2, -0.15) is 0 Å². The molecule has 0 N–H and O–H groups in total. The molecule has 4 heteroatoms. The molecule has 1 aromatic heterocycles. The Bertz CT molecular complexity index is 6440. The van der Waals surface area contributed by atoms with E-state index in [0.717, 1.165) is 130 Å². The van der Waals surface area contributed by atoms with Crippen LogP contribution in [0, 0.1) is 0 Å². The van der Waals surface area contributed by atoms with Gasteiger partial charge in [0, 0.05) is 56.4 Å². The first-order valence-electron chi connectivity index (χ1n) is 38.3. The van der Waals surface area contributed by atoms with Gasteiger partial charge in [-0.15, -0.1) is 0 Å². The number of anilines is 6. The maximum Gasteiger partial charge on any atom is 0.0979 e. The normalized spacial score (nSPS) is 14.9. The van der Waals surface area contributed by atoms with Crippen molar-refractivity contribution in [3.05, 3.63) is 464 Å². The van der Waals surface area contributed by atoms with Crippen LogP contribution in [0.1, 0.15) is 50.9 Å². The summed E-state index contributed by atoms with van der Waals surface area (Å²) < 4.78 is 0. The summed E-state index contributed by atoms with van der Waals surface area (Å²) in [6.45, 7) is 4.68. The van der Waals surface area contributed by atoms with E-state index in [9.17, 15) is 0 Å². The van der Waals surface area contributed by atoms with Gasteiger partial charge in [0.05, 0.1) is 33.3 Å². The van der Waals surface area contributed by atoms with Crippen LogP contribution in [0.4, 0.5) is 34.1 Å². The van der Waals surface area contributed by atoms with E-state index < -0.39 is 10.8 Å². The Balaban J connectivity index is 0.769. The lowest BCUT2D eigenvalue weighted by molar-refractivity contribution is 0.644. The molecule has 0 saturated carbocycles. The molecule has 0 bridgehead atoms. The lowest BCUT2D eigenvalue weighted by atomic mass is 9.68. The van der Waals surface area contributed by atoms with Crippen LogP contribution in [0.5, 0.6) is 0 Å². The fourth-order valence-corrected chi connectivity index (χ4v) is 18.6. The summed E-state index contributed by atoms with van der Waals surface area (Å²) in [7, 11) is 0. The largest absolute Gasteiger partial charge is 0.311 e. The van der Waals surface area contributed by atoms with Gasteiger partial charge in [0.25, 0.3) is 0 Å². The van der Waals surface area contributed by atoms with E-state index in [-0.39, 0.29) is 0 Å². The number of rotatable bonds is 12. The van der Waals surface area contributed by atoms with Gasteiger partial charge >= 0.3 is 0 Å². The number of para-hydroxylation sites is 4. The zero-order chi connectivity index (χ0) is 73.6. The molecule has 0 saturated heterocycles. The molecule has 4 nitrogen and oxygen atoms in total. The second kappa shape index (κ2) is 26.6. The minimum absolute atomic E-state index is 0.538. The highest BCUT2D eigenvalue weighted by Crippen LogP contribution is 2.64. The van der Waals surface area contributed by atoms with E-state index in [0.29, 0.717) is 0 Å². The van der Waals surface area contributed by atoms with Crippen LogP contribution in [-0.2, 0) is 10.8 Å². The van der Waals surface area contributed by atoms with E-state index >= 15 is 0 Å². The Labute approximate surface area is 647 Å². The summed E-state index contributed by atoms with van der Waals surface area (Å²) >= 11 is 0. The van der Waals surface area contributed by atoms with Crippen LogP contribution in [0.15, 0.2) is 419 Å². The third-order valence-electron chi connectivity index (χ3n) is 23.6. The molecule has 1 atom stereocenters. The van der Waals surface area contributed by atoms with Gasteiger partial charge in [-0.3, -0.25) is 0 Å². The van der Waals surface area contributed by atoms with E-state index in [1.165, 1.54) is 72.3 Å². The van der Waals surface area contributed by atoms with Gasteiger partial charge in [-0.1, -0.05) is 334 Å². The second-order valence-electron chi connectivity index (χ2n) is 29.5. The third kappa shape index (κ3) is 10.5. The molecule has 111 heavy (non-hydrogen) atoms. The number of hydrogen-bond acceptors (Lipinski definition) is 4. The van der Waals surface area contributed by atoms with Crippen LogP contribution >= 0.6 is 0 Å². The Morgan fingerprint density at radius 2 is 0.523 bits per heavy atom. The number of hydrogen-bond donors (Lipinski definition) is 0. The van der Waals surface area contributed by atoms with Gasteiger partial charge in [-0.05, 0) is 208 Å². The molecule has 520 valence electrons. The summed E-state index contributed by atoms with van der Waals surface area (Å²) in [5.74, 6) is 0. The number of allylic oxidation sites excluding steroid dienone is 5. The highest BCUT2D eigenvalue weighted by atomic mass is 15.1. The molecule has 21 rings (SSSR count). The summed E-state index contributed by atoms with van der Waals surface area (Å²) in [6.07, 6.45) is 9.58. The average molecular weight is 1410 g/mol. The second-order valence-corrected chi connectivity index (χ2v) is 29.5. The maximum atomic E-state index is 6.19. The molecule has 0 amide bonds. The quantitative estimate of drug-likeness (QED) is 0.122. The molecule has 0 aliphatic heterocycles. The highest BCUT2D eigenvalue weighted by Gasteiger charge is 2.52. The lowest BCUT2D eigenvalue weighted by Gasteiger charge is -2.34. The molecule has 16 aromatic carbocycles. The maximum absolute atomic E-state index is 6.19. The molecule has 0 radical (unpaired) electrons. The lowest BCUT2D eigenvalue weighted by Crippen LogP contribution is -2.27. The smallest absolute Gasteiger partial charge is 0.0979 e. The Morgan fingerprint density at radius 1 is 0.234 bits per heavy atom. The Kier molecular flexibility index (Phi) is 15.6. The number of aromatic nitrogens is 2. The van der Waals surface area contributed by atoms with E-state index in [4.69, 9.17) is 9.97 Å². The monoisotopic (exact) mass is 1410 g/mol. The van der Waals surface area contributed by atoms with Gasteiger partial charge in [0.1, 0.15) is 0 Å². The molecule has 0 fully saturated rings. The van der Waals surface area contributed by atoms with Crippen molar-refractivity contribution in [1.29, 1.82) is 0 Å². The molecule has 1 unspecified atom stereocenters. The average Bonchev–Trinajstić information content (AvgIpc) is 1.50. The highest BCUT2D eigenvalue weighted by molar-refractivity contribution is 6.05. The first kappa shape index (κ1) is 65.0. The van der Waals surface area contributed by atoms with Crippen molar-refractivity contribution in [2.75, 3.05) is 9.80 Å². The molecule has 2 spiro atoms. The molecule has 1 heterocycles. The van der Waals surface area contributed by atoms with Crippen molar-refractivity contribution < 1.29 is 0 Å². The first-order chi connectivity index (χ1) is 55.0. The molecule has 4 aliphatic carbocycles. The van der Waals surface area contributed by atoms with Gasteiger partial charge in [0.2, 0.25) is 0 Å². The zero-order valence-electron chi connectivity index (χ0n) is 61.0.